The smallest absolute Gasteiger partial charge is 0.0998 e. The lowest BCUT2D eigenvalue weighted by molar-refractivity contribution is 0.603. The number of halogens is 1. The van der Waals surface area contributed by atoms with Crippen molar-refractivity contribution in [2.45, 2.75) is 19.9 Å². The second kappa shape index (κ2) is 5.77. The van der Waals surface area contributed by atoms with Gasteiger partial charge < -0.3 is 4.57 Å². The number of hydrogen-bond donors (Lipinski definition) is 0. The van der Waals surface area contributed by atoms with Gasteiger partial charge in [-0.2, -0.15) is 5.26 Å². The molecule has 0 aliphatic rings. The van der Waals surface area contributed by atoms with E-state index in [1.165, 1.54) is 0 Å². The number of benzene rings is 1. The molecule has 2 rings (SSSR count). The van der Waals surface area contributed by atoms with Gasteiger partial charge in [0.2, 0.25) is 0 Å². The molecule has 0 aliphatic heterocycles. The molecule has 0 saturated carbocycles. The molecule has 2 aromatic rings. The maximum Gasteiger partial charge on any atom is 0.0998 e. The van der Waals surface area contributed by atoms with Crippen LogP contribution >= 0.6 is 11.6 Å². The molecule has 0 radical (unpaired) electrons. The maximum atomic E-state index is 9.27. The van der Waals surface area contributed by atoms with Gasteiger partial charge in [0.05, 0.1) is 11.6 Å². The van der Waals surface area contributed by atoms with E-state index in [0.29, 0.717) is 16.6 Å². The van der Waals surface area contributed by atoms with E-state index in [0.717, 1.165) is 11.1 Å². The molecular formula is C16H15ClN2. The lowest BCUT2D eigenvalue weighted by atomic mass is 10.1. The Balaban J connectivity index is 2.33. The van der Waals surface area contributed by atoms with Gasteiger partial charge in [-0.1, -0.05) is 23.7 Å². The zero-order valence-corrected chi connectivity index (χ0v) is 11.7. The highest BCUT2D eigenvalue weighted by Crippen LogP contribution is 2.20. The minimum atomic E-state index is 0.420. The molecule has 19 heavy (non-hydrogen) atoms. The van der Waals surface area contributed by atoms with Crippen LogP contribution in [0.15, 0.2) is 42.7 Å². The van der Waals surface area contributed by atoms with Crippen molar-refractivity contribution in [1.29, 1.82) is 5.26 Å². The molecule has 1 heterocycles. The molecule has 0 amide bonds. The van der Waals surface area contributed by atoms with E-state index in [4.69, 9.17) is 11.6 Å². The van der Waals surface area contributed by atoms with Crippen LogP contribution in [0.5, 0.6) is 0 Å². The van der Waals surface area contributed by atoms with Gasteiger partial charge in [-0.15, -0.1) is 0 Å². The van der Waals surface area contributed by atoms with E-state index in [1.807, 2.05) is 36.7 Å². The quantitative estimate of drug-likeness (QED) is 0.738. The number of hydrogen-bond acceptors (Lipinski definition) is 1. The van der Waals surface area contributed by atoms with Gasteiger partial charge in [-0.3, -0.25) is 0 Å². The molecule has 0 saturated heterocycles. The molecule has 0 atom stereocenters. The summed E-state index contributed by atoms with van der Waals surface area (Å²) >= 11 is 5.85. The molecule has 0 fully saturated rings. The fourth-order valence-corrected chi connectivity index (χ4v) is 1.94. The Labute approximate surface area is 118 Å². The summed E-state index contributed by atoms with van der Waals surface area (Å²) in [4.78, 5) is 0. The van der Waals surface area contributed by atoms with E-state index in [9.17, 15) is 5.26 Å². The third kappa shape index (κ3) is 3.27. The van der Waals surface area contributed by atoms with Crippen molar-refractivity contribution in [3.05, 3.63) is 58.9 Å². The lowest BCUT2D eigenvalue weighted by Crippen LogP contribution is -1.95. The summed E-state index contributed by atoms with van der Waals surface area (Å²) in [6.07, 6.45) is 5.95. The average Bonchev–Trinajstić information content (AvgIpc) is 2.86. The molecular weight excluding hydrogens is 256 g/mol. The number of nitriles is 1. The van der Waals surface area contributed by atoms with Crippen LogP contribution in [-0.2, 0) is 0 Å². The number of nitrogens with zero attached hydrogens (tertiary/aromatic N) is 2. The molecule has 1 aromatic heterocycles. The van der Waals surface area contributed by atoms with E-state index < -0.39 is 0 Å². The zero-order valence-electron chi connectivity index (χ0n) is 11.0. The summed E-state index contributed by atoms with van der Waals surface area (Å²) in [5.74, 6) is 0. The second-order valence-electron chi connectivity index (χ2n) is 4.66. The molecule has 0 aliphatic carbocycles. The molecule has 0 spiro atoms. The first-order valence-electron chi connectivity index (χ1n) is 6.15. The maximum absolute atomic E-state index is 9.27. The zero-order chi connectivity index (χ0) is 13.8. The van der Waals surface area contributed by atoms with Crippen LogP contribution < -0.4 is 0 Å². The molecule has 2 nitrogen and oxygen atoms in total. The predicted octanol–water partition coefficient (Wildman–Crippen LogP) is 4.79. The van der Waals surface area contributed by atoms with Gasteiger partial charge in [0.1, 0.15) is 0 Å². The Morgan fingerprint density at radius 2 is 1.95 bits per heavy atom. The standard InChI is InChI=1S/C16H15ClN2/c1-12(2)19-8-7-13(11-19)9-15(10-18)14-3-5-16(17)6-4-14/h3-9,11-12H,1-2H3/b15-9+. The lowest BCUT2D eigenvalue weighted by Gasteiger charge is -2.04. The van der Waals surface area contributed by atoms with Gasteiger partial charge >= 0.3 is 0 Å². The highest BCUT2D eigenvalue weighted by Gasteiger charge is 2.03. The molecule has 3 heteroatoms. The Bertz CT molecular complexity index is 628. The van der Waals surface area contributed by atoms with Crippen LogP contribution in [0.4, 0.5) is 0 Å². The first-order chi connectivity index (χ1) is 9.10. The van der Waals surface area contributed by atoms with Crippen molar-refractivity contribution in [2.24, 2.45) is 0 Å². The van der Waals surface area contributed by atoms with Crippen molar-refractivity contribution in [3.63, 3.8) is 0 Å². The largest absolute Gasteiger partial charge is 0.351 e. The van der Waals surface area contributed by atoms with Crippen LogP contribution in [0.25, 0.3) is 11.6 Å². The summed E-state index contributed by atoms with van der Waals surface area (Å²) in [5, 5.41) is 9.94. The summed E-state index contributed by atoms with van der Waals surface area (Å²) in [6, 6.07) is 12.0. The summed E-state index contributed by atoms with van der Waals surface area (Å²) < 4.78 is 2.11. The van der Waals surface area contributed by atoms with Gasteiger partial charge in [-0.25, -0.2) is 0 Å². The SMILES string of the molecule is CC(C)n1ccc(/C=C(\C#N)c2ccc(Cl)cc2)c1. The van der Waals surface area contributed by atoms with Gasteiger partial charge in [-0.05, 0) is 49.2 Å². The number of rotatable bonds is 3. The normalized spacial score (nSPS) is 11.6. The Hall–Kier alpha value is -1.98. The Morgan fingerprint density at radius 1 is 1.26 bits per heavy atom. The minimum Gasteiger partial charge on any atom is -0.351 e. The second-order valence-corrected chi connectivity index (χ2v) is 5.10. The van der Waals surface area contributed by atoms with E-state index >= 15 is 0 Å². The summed E-state index contributed by atoms with van der Waals surface area (Å²) in [6.45, 7) is 4.25. The Morgan fingerprint density at radius 3 is 2.47 bits per heavy atom. The minimum absolute atomic E-state index is 0.420. The van der Waals surface area contributed by atoms with Crippen molar-refractivity contribution in [1.82, 2.24) is 4.57 Å². The molecule has 0 N–H and O–H groups in total. The van der Waals surface area contributed by atoms with Gasteiger partial charge in [0.25, 0.3) is 0 Å². The molecule has 1 aromatic carbocycles. The van der Waals surface area contributed by atoms with Gasteiger partial charge in [0, 0.05) is 23.5 Å². The first-order valence-corrected chi connectivity index (χ1v) is 6.53. The van der Waals surface area contributed by atoms with E-state index in [1.54, 1.807) is 12.1 Å². The van der Waals surface area contributed by atoms with Crippen molar-refractivity contribution in [2.75, 3.05) is 0 Å². The number of aromatic nitrogens is 1. The van der Waals surface area contributed by atoms with Crippen LogP contribution in [0.1, 0.15) is 31.0 Å². The monoisotopic (exact) mass is 270 g/mol. The van der Waals surface area contributed by atoms with Crippen LogP contribution in [0, 0.1) is 11.3 Å². The van der Waals surface area contributed by atoms with Crippen molar-refractivity contribution >= 4 is 23.3 Å². The summed E-state index contributed by atoms with van der Waals surface area (Å²) in [5.41, 5.74) is 2.54. The average molecular weight is 271 g/mol. The van der Waals surface area contributed by atoms with Crippen molar-refractivity contribution in [3.8, 4) is 6.07 Å². The van der Waals surface area contributed by atoms with E-state index in [-0.39, 0.29) is 0 Å². The first kappa shape index (κ1) is 13.5. The van der Waals surface area contributed by atoms with Crippen LogP contribution in [0.3, 0.4) is 0 Å². The van der Waals surface area contributed by atoms with E-state index in [2.05, 4.69) is 24.5 Å². The van der Waals surface area contributed by atoms with Gasteiger partial charge in [0.15, 0.2) is 0 Å². The fourth-order valence-electron chi connectivity index (χ4n) is 1.81. The molecule has 0 unspecified atom stereocenters. The van der Waals surface area contributed by atoms with Crippen molar-refractivity contribution < 1.29 is 0 Å². The van der Waals surface area contributed by atoms with Crippen LogP contribution in [0.2, 0.25) is 5.02 Å². The highest BCUT2D eigenvalue weighted by atomic mass is 35.5. The fraction of sp³-hybridized carbons (Fsp3) is 0.188. The number of allylic oxidation sites excluding steroid dienone is 1. The topological polar surface area (TPSA) is 28.7 Å². The molecule has 0 bridgehead atoms. The highest BCUT2D eigenvalue weighted by molar-refractivity contribution is 6.30. The third-order valence-electron chi connectivity index (χ3n) is 2.92. The molecule has 96 valence electrons. The Kier molecular flexibility index (Phi) is 4.09. The predicted molar refractivity (Wildman–Crippen MR) is 79.8 cm³/mol. The third-order valence-corrected chi connectivity index (χ3v) is 3.17. The summed E-state index contributed by atoms with van der Waals surface area (Å²) in [7, 11) is 0. The van der Waals surface area contributed by atoms with Crippen LogP contribution in [-0.4, -0.2) is 4.57 Å².